The summed E-state index contributed by atoms with van der Waals surface area (Å²) >= 11 is 0. The molecule has 2 rings (SSSR count). The number of aryl methyl sites for hydroxylation is 3. The van der Waals surface area contributed by atoms with Gasteiger partial charge in [-0.3, -0.25) is 0 Å². The zero-order valence-corrected chi connectivity index (χ0v) is 12.2. The van der Waals surface area contributed by atoms with Crippen molar-refractivity contribution in [2.45, 2.75) is 40.2 Å². The van der Waals surface area contributed by atoms with Crippen LogP contribution in [0.4, 0.5) is 0 Å². The van der Waals surface area contributed by atoms with E-state index in [9.17, 15) is 9.90 Å². The Morgan fingerprint density at radius 3 is 2.55 bits per heavy atom. The maximum Gasteiger partial charge on any atom is 0.338 e. The lowest BCUT2D eigenvalue weighted by Gasteiger charge is -2.08. The summed E-state index contributed by atoms with van der Waals surface area (Å²) in [5.41, 5.74) is 4.24. The van der Waals surface area contributed by atoms with Crippen LogP contribution in [-0.2, 0) is 13.0 Å². The van der Waals surface area contributed by atoms with Crippen molar-refractivity contribution in [3.63, 3.8) is 0 Å². The molecule has 4 heteroatoms. The molecule has 0 aliphatic heterocycles. The van der Waals surface area contributed by atoms with Crippen LogP contribution in [0.15, 0.2) is 12.1 Å². The monoisotopic (exact) mass is 275 g/mol. The Hall–Kier alpha value is -1.81. The standard InChI is InChI=1S/C16H21NO3/c1-4-17-11(3)12(6-5-9-18)13-8-7-10(2)14(15(13)17)16(19)20/h7-8,18H,4-6,9H2,1-3H3,(H,19,20). The van der Waals surface area contributed by atoms with Crippen molar-refractivity contribution in [2.75, 3.05) is 6.61 Å². The van der Waals surface area contributed by atoms with Gasteiger partial charge in [0.1, 0.15) is 0 Å². The third-order valence-corrected chi connectivity index (χ3v) is 3.94. The molecular weight excluding hydrogens is 254 g/mol. The van der Waals surface area contributed by atoms with Gasteiger partial charge in [0, 0.05) is 24.2 Å². The first-order chi connectivity index (χ1) is 9.52. The van der Waals surface area contributed by atoms with E-state index in [1.165, 1.54) is 0 Å². The highest BCUT2D eigenvalue weighted by molar-refractivity contribution is 6.05. The molecule has 0 aliphatic carbocycles. The Balaban J connectivity index is 2.82. The van der Waals surface area contributed by atoms with Gasteiger partial charge < -0.3 is 14.8 Å². The second kappa shape index (κ2) is 5.67. The molecule has 2 aromatic rings. The number of benzene rings is 1. The Labute approximate surface area is 118 Å². The van der Waals surface area contributed by atoms with Gasteiger partial charge >= 0.3 is 5.97 Å². The number of aliphatic hydroxyl groups excluding tert-OH is 1. The summed E-state index contributed by atoms with van der Waals surface area (Å²) < 4.78 is 2.07. The summed E-state index contributed by atoms with van der Waals surface area (Å²) in [6.45, 7) is 6.77. The summed E-state index contributed by atoms with van der Waals surface area (Å²) in [5.74, 6) is -0.881. The van der Waals surface area contributed by atoms with Gasteiger partial charge in [-0.05, 0) is 44.7 Å². The van der Waals surface area contributed by atoms with Crippen LogP contribution in [0.2, 0.25) is 0 Å². The van der Waals surface area contributed by atoms with Gasteiger partial charge in [0.15, 0.2) is 0 Å². The average Bonchev–Trinajstić information content (AvgIpc) is 2.67. The molecule has 0 saturated carbocycles. The molecule has 1 heterocycles. The average molecular weight is 275 g/mol. The Morgan fingerprint density at radius 2 is 2.00 bits per heavy atom. The fourth-order valence-corrected chi connectivity index (χ4v) is 2.98. The van der Waals surface area contributed by atoms with Gasteiger partial charge in [-0.2, -0.15) is 0 Å². The lowest BCUT2D eigenvalue weighted by molar-refractivity contribution is 0.0698. The zero-order chi connectivity index (χ0) is 14.9. The third kappa shape index (κ3) is 2.20. The number of aromatic carboxylic acids is 1. The highest BCUT2D eigenvalue weighted by Crippen LogP contribution is 2.31. The molecule has 0 amide bonds. The summed E-state index contributed by atoms with van der Waals surface area (Å²) in [5, 5.41) is 19.5. The van der Waals surface area contributed by atoms with Crippen LogP contribution in [0.5, 0.6) is 0 Å². The lowest BCUT2D eigenvalue weighted by Crippen LogP contribution is -2.05. The van der Waals surface area contributed by atoms with Crippen LogP contribution in [-0.4, -0.2) is 27.4 Å². The van der Waals surface area contributed by atoms with E-state index in [2.05, 4.69) is 4.57 Å². The number of aliphatic hydroxyl groups is 1. The topological polar surface area (TPSA) is 62.5 Å². The van der Waals surface area contributed by atoms with Crippen molar-refractivity contribution in [2.24, 2.45) is 0 Å². The van der Waals surface area contributed by atoms with Crippen molar-refractivity contribution < 1.29 is 15.0 Å². The molecule has 2 N–H and O–H groups in total. The number of hydrogen-bond donors (Lipinski definition) is 2. The van der Waals surface area contributed by atoms with Crippen LogP contribution in [0.3, 0.4) is 0 Å². The van der Waals surface area contributed by atoms with Gasteiger partial charge in [-0.1, -0.05) is 12.1 Å². The summed E-state index contributed by atoms with van der Waals surface area (Å²) in [6, 6.07) is 3.87. The lowest BCUT2D eigenvalue weighted by atomic mass is 10.0. The second-order valence-electron chi connectivity index (χ2n) is 5.09. The first-order valence-corrected chi connectivity index (χ1v) is 6.98. The summed E-state index contributed by atoms with van der Waals surface area (Å²) in [6.07, 6.45) is 1.47. The van der Waals surface area contributed by atoms with E-state index in [1.54, 1.807) is 0 Å². The number of carboxylic acid groups (broad SMARTS) is 1. The molecule has 0 bridgehead atoms. The summed E-state index contributed by atoms with van der Waals surface area (Å²) in [4.78, 5) is 11.6. The molecule has 4 nitrogen and oxygen atoms in total. The summed E-state index contributed by atoms with van der Waals surface area (Å²) in [7, 11) is 0. The Kier molecular flexibility index (Phi) is 4.14. The van der Waals surface area contributed by atoms with Crippen LogP contribution in [0, 0.1) is 13.8 Å². The molecule has 108 valence electrons. The number of rotatable bonds is 5. The molecular formula is C16H21NO3. The van der Waals surface area contributed by atoms with E-state index in [1.807, 2.05) is 32.9 Å². The Bertz CT molecular complexity index is 656. The van der Waals surface area contributed by atoms with E-state index in [4.69, 9.17) is 5.11 Å². The SMILES string of the molecule is CCn1c(C)c(CCCO)c2ccc(C)c(C(=O)O)c21. The smallest absolute Gasteiger partial charge is 0.338 e. The quantitative estimate of drug-likeness (QED) is 0.882. The minimum Gasteiger partial charge on any atom is -0.478 e. The molecule has 1 aromatic carbocycles. The molecule has 0 radical (unpaired) electrons. The van der Waals surface area contributed by atoms with Gasteiger partial charge in [0.25, 0.3) is 0 Å². The van der Waals surface area contributed by atoms with Crippen LogP contribution in [0.1, 0.15) is 40.5 Å². The van der Waals surface area contributed by atoms with Gasteiger partial charge in [-0.25, -0.2) is 4.79 Å². The fraction of sp³-hybridized carbons (Fsp3) is 0.438. The third-order valence-electron chi connectivity index (χ3n) is 3.94. The van der Waals surface area contributed by atoms with Crippen molar-refractivity contribution in [3.05, 3.63) is 34.5 Å². The number of hydrogen-bond acceptors (Lipinski definition) is 2. The van der Waals surface area contributed by atoms with E-state index in [0.717, 1.165) is 40.7 Å². The highest BCUT2D eigenvalue weighted by Gasteiger charge is 2.20. The van der Waals surface area contributed by atoms with E-state index in [-0.39, 0.29) is 6.61 Å². The maximum atomic E-state index is 11.6. The van der Waals surface area contributed by atoms with E-state index < -0.39 is 5.97 Å². The number of aromatic nitrogens is 1. The highest BCUT2D eigenvalue weighted by atomic mass is 16.4. The van der Waals surface area contributed by atoms with Crippen molar-refractivity contribution in [3.8, 4) is 0 Å². The number of nitrogens with zero attached hydrogens (tertiary/aromatic N) is 1. The van der Waals surface area contributed by atoms with Gasteiger partial charge in [-0.15, -0.1) is 0 Å². The number of fused-ring (bicyclic) bond motifs is 1. The zero-order valence-electron chi connectivity index (χ0n) is 12.2. The minimum absolute atomic E-state index is 0.149. The van der Waals surface area contributed by atoms with Crippen molar-refractivity contribution >= 4 is 16.9 Å². The molecule has 20 heavy (non-hydrogen) atoms. The second-order valence-corrected chi connectivity index (χ2v) is 5.09. The maximum absolute atomic E-state index is 11.6. The largest absolute Gasteiger partial charge is 0.478 e. The van der Waals surface area contributed by atoms with Gasteiger partial charge in [0.05, 0.1) is 11.1 Å². The molecule has 0 unspecified atom stereocenters. The van der Waals surface area contributed by atoms with Crippen LogP contribution < -0.4 is 0 Å². The normalized spacial score (nSPS) is 11.2. The van der Waals surface area contributed by atoms with Gasteiger partial charge in [0.2, 0.25) is 0 Å². The van der Waals surface area contributed by atoms with Crippen molar-refractivity contribution in [1.82, 2.24) is 4.57 Å². The molecule has 0 fully saturated rings. The first-order valence-electron chi connectivity index (χ1n) is 6.98. The van der Waals surface area contributed by atoms with E-state index in [0.29, 0.717) is 12.0 Å². The van der Waals surface area contributed by atoms with E-state index >= 15 is 0 Å². The molecule has 0 saturated heterocycles. The fourth-order valence-electron chi connectivity index (χ4n) is 2.98. The number of carbonyl (C=O) groups is 1. The first kappa shape index (κ1) is 14.6. The Morgan fingerprint density at radius 1 is 1.30 bits per heavy atom. The molecule has 0 atom stereocenters. The minimum atomic E-state index is -0.881. The molecule has 0 spiro atoms. The van der Waals surface area contributed by atoms with Crippen molar-refractivity contribution in [1.29, 1.82) is 0 Å². The van der Waals surface area contributed by atoms with Crippen LogP contribution in [0.25, 0.3) is 10.9 Å². The predicted octanol–water partition coefficient (Wildman–Crippen LogP) is 2.90. The molecule has 0 aliphatic rings. The van der Waals surface area contributed by atoms with Crippen LogP contribution >= 0.6 is 0 Å². The molecule has 1 aromatic heterocycles. The predicted molar refractivity (Wildman–Crippen MR) is 79.5 cm³/mol. The number of carboxylic acids is 1.